The molecule has 0 heterocycles. The molecule has 3 N–H and O–H groups in total. The molecule has 0 aromatic carbocycles. The van der Waals surface area contributed by atoms with E-state index >= 15 is 0 Å². The first kappa shape index (κ1) is 12.0. The Bertz CT molecular complexity index is 148. The third-order valence-corrected chi connectivity index (χ3v) is 3.40. The number of rotatable bonds is 5. The standard InChI is InChI=1S/C12H26N2/c1-11(2)8-14-10-12(9-13)6-4-3-5-7-12/h11,14H,3-10,13H2,1-2H3. The minimum Gasteiger partial charge on any atom is -0.330 e. The van der Waals surface area contributed by atoms with Crippen LogP contribution in [0.25, 0.3) is 0 Å². The molecule has 0 unspecified atom stereocenters. The summed E-state index contributed by atoms with van der Waals surface area (Å²) in [6.45, 7) is 7.62. The maximum atomic E-state index is 5.92. The Labute approximate surface area is 88.6 Å². The fourth-order valence-corrected chi connectivity index (χ4v) is 2.38. The second-order valence-corrected chi connectivity index (χ2v) is 5.29. The van der Waals surface area contributed by atoms with E-state index < -0.39 is 0 Å². The van der Waals surface area contributed by atoms with Crippen molar-refractivity contribution in [1.82, 2.24) is 5.32 Å². The summed E-state index contributed by atoms with van der Waals surface area (Å²) in [7, 11) is 0. The van der Waals surface area contributed by atoms with Crippen LogP contribution in [0.3, 0.4) is 0 Å². The second-order valence-electron chi connectivity index (χ2n) is 5.29. The molecule has 0 amide bonds. The van der Waals surface area contributed by atoms with Crippen LogP contribution in [0.5, 0.6) is 0 Å². The molecule has 1 aliphatic carbocycles. The SMILES string of the molecule is CC(C)CNCC1(CN)CCCCC1. The topological polar surface area (TPSA) is 38.0 Å². The first-order valence-electron chi connectivity index (χ1n) is 6.09. The Hall–Kier alpha value is -0.0800. The molecule has 1 aliphatic rings. The lowest BCUT2D eigenvalue weighted by Gasteiger charge is -2.36. The number of hydrogen-bond acceptors (Lipinski definition) is 2. The van der Waals surface area contributed by atoms with Crippen LogP contribution in [0.15, 0.2) is 0 Å². The van der Waals surface area contributed by atoms with Crippen molar-refractivity contribution in [1.29, 1.82) is 0 Å². The van der Waals surface area contributed by atoms with Gasteiger partial charge in [0.15, 0.2) is 0 Å². The van der Waals surface area contributed by atoms with E-state index in [1.165, 1.54) is 32.1 Å². The van der Waals surface area contributed by atoms with E-state index in [-0.39, 0.29) is 0 Å². The van der Waals surface area contributed by atoms with E-state index in [1.807, 2.05) is 0 Å². The Balaban J connectivity index is 2.29. The molecular weight excluding hydrogens is 172 g/mol. The van der Waals surface area contributed by atoms with Gasteiger partial charge in [0.2, 0.25) is 0 Å². The zero-order valence-electron chi connectivity index (χ0n) is 9.81. The highest BCUT2D eigenvalue weighted by molar-refractivity contribution is 4.85. The summed E-state index contributed by atoms with van der Waals surface area (Å²) in [6.07, 6.45) is 6.82. The van der Waals surface area contributed by atoms with Crippen molar-refractivity contribution in [3.8, 4) is 0 Å². The monoisotopic (exact) mass is 198 g/mol. The Morgan fingerprint density at radius 3 is 2.36 bits per heavy atom. The molecule has 0 aromatic rings. The summed E-state index contributed by atoms with van der Waals surface area (Å²) < 4.78 is 0. The van der Waals surface area contributed by atoms with Gasteiger partial charge in [0.1, 0.15) is 0 Å². The third kappa shape index (κ3) is 3.58. The summed E-state index contributed by atoms with van der Waals surface area (Å²) in [4.78, 5) is 0. The van der Waals surface area contributed by atoms with Crippen LogP contribution in [-0.4, -0.2) is 19.6 Å². The van der Waals surface area contributed by atoms with E-state index in [0.29, 0.717) is 5.41 Å². The normalized spacial score (nSPS) is 21.4. The largest absolute Gasteiger partial charge is 0.330 e. The van der Waals surface area contributed by atoms with E-state index in [2.05, 4.69) is 19.2 Å². The van der Waals surface area contributed by atoms with Crippen molar-refractivity contribution < 1.29 is 0 Å². The molecule has 2 nitrogen and oxygen atoms in total. The average molecular weight is 198 g/mol. The molecule has 2 heteroatoms. The molecule has 1 rings (SSSR count). The fourth-order valence-electron chi connectivity index (χ4n) is 2.38. The van der Waals surface area contributed by atoms with E-state index in [1.54, 1.807) is 0 Å². The quantitative estimate of drug-likeness (QED) is 0.710. The highest BCUT2D eigenvalue weighted by Gasteiger charge is 2.29. The van der Waals surface area contributed by atoms with Gasteiger partial charge in [-0.2, -0.15) is 0 Å². The van der Waals surface area contributed by atoms with Crippen LogP contribution in [0.4, 0.5) is 0 Å². The average Bonchev–Trinajstić information content (AvgIpc) is 2.19. The Morgan fingerprint density at radius 2 is 1.86 bits per heavy atom. The van der Waals surface area contributed by atoms with Gasteiger partial charge in [0, 0.05) is 6.54 Å². The lowest BCUT2D eigenvalue weighted by atomic mass is 9.74. The van der Waals surface area contributed by atoms with Crippen LogP contribution < -0.4 is 11.1 Å². The number of hydrogen-bond donors (Lipinski definition) is 2. The summed E-state index contributed by atoms with van der Waals surface area (Å²) in [5.41, 5.74) is 6.34. The van der Waals surface area contributed by atoms with Crippen molar-refractivity contribution in [2.75, 3.05) is 19.6 Å². The van der Waals surface area contributed by atoms with Gasteiger partial charge in [-0.15, -0.1) is 0 Å². The lowest BCUT2D eigenvalue weighted by Crippen LogP contribution is -2.42. The highest BCUT2D eigenvalue weighted by Crippen LogP contribution is 2.34. The van der Waals surface area contributed by atoms with Crippen molar-refractivity contribution in [2.45, 2.75) is 46.0 Å². The van der Waals surface area contributed by atoms with Gasteiger partial charge < -0.3 is 11.1 Å². The highest BCUT2D eigenvalue weighted by atomic mass is 14.9. The van der Waals surface area contributed by atoms with Gasteiger partial charge in [-0.3, -0.25) is 0 Å². The molecule has 84 valence electrons. The maximum Gasteiger partial charge on any atom is 0.00200 e. The molecule has 0 atom stereocenters. The van der Waals surface area contributed by atoms with Crippen molar-refractivity contribution >= 4 is 0 Å². The molecule has 0 aliphatic heterocycles. The lowest BCUT2D eigenvalue weighted by molar-refractivity contribution is 0.189. The van der Waals surface area contributed by atoms with Crippen LogP contribution >= 0.6 is 0 Å². The van der Waals surface area contributed by atoms with E-state index in [4.69, 9.17) is 5.73 Å². The molecule has 0 aromatic heterocycles. The minimum absolute atomic E-state index is 0.424. The van der Waals surface area contributed by atoms with Crippen LogP contribution in [0, 0.1) is 11.3 Å². The van der Waals surface area contributed by atoms with Crippen molar-refractivity contribution in [3.63, 3.8) is 0 Å². The smallest absolute Gasteiger partial charge is 0.00200 e. The number of nitrogens with two attached hydrogens (primary N) is 1. The zero-order chi connectivity index (χ0) is 10.4. The molecule has 1 saturated carbocycles. The summed E-state index contributed by atoms with van der Waals surface area (Å²) in [6, 6.07) is 0. The van der Waals surface area contributed by atoms with Gasteiger partial charge >= 0.3 is 0 Å². The van der Waals surface area contributed by atoms with Gasteiger partial charge in [-0.05, 0) is 37.3 Å². The van der Waals surface area contributed by atoms with Gasteiger partial charge in [0.05, 0.1) is 0 Å². The predicted molar refractivity (Wildman–Crippen MR) is 62.3 cm³/mol. The zero-order valence-corrected chi connectivity index (χ0v) is 9.81. The van der Waals surface area contributed by atoms with Crippen LogP contribution in [0.1, 0.15) is 46.0 Å². The number of nitrogens with one attached hydrogen (secondary N) is 1. The fraction of sp³-hybridized carbons (Fsp3) is 1.00. The first-order valence-corrected chi connectivity index (χ1v) is 6.09. The first-order chi connectivity index (χ1) is 6.68. The van der Waals surface area contributed by atoms with Crippen LogP contribution in [-0.2, 0) is 0 Å². The molecule has 0 bridgehead atoms. The Morgan fingerprint density at radius 1 is 1.21 bits per heavy atom. The minimum atomic E-state index is 0.424. The van der Waals surface area contributed by atoms with Crippen molar-refractivity contribution in [2.24, 2.45) is 17.1 Å². The molecule has 0 saturated heterocycles. The molecular formula is C12H26N2. The van der Waals surface area contributed by atoms with E-state index in [9.17, 15) is 0 Å². The van der Waals surface area contributed by atoms with Crippen molar-refractivity contribution in [3.05, 3.63) is 0 Å². The van der Waals surface area contributed by atoms with Crippen LogP contribution in [0.2, 0.25) is 0 Å². The molecule has 0 radical (unpaired) electrons. The summed E-state index contributed by atoms with van der Waals surface area (Å²) in [5.74, 6) is 0.744. The molecule has 14 heavy (non-hydrogen) atoms. The predicted octanol–water partition coefficient (Wildman–Crippen LogP) is 2.14. The molecule has 0 spiro atoms. The van der Waals surface area contributed by atoms with Gasteiger partial charge in [-0.1, -0.05) is 33.1 Å². The second kappa shape index (κ2) is 5.72. The molecule has 1 fully saturated rings. The summed E-state index contributed by atoms with van der Waals surface area (Å²) >= 11 is 0. The maximum absolute atomic E-state index is 5.92. The van der Waals surface area contributed by atoms with Gasteiger partial charge in [-0.25, -0.2) is 0 Å². The Kier molecular flexibility index (Phi) is 4.90. The van der Waals surface area contributed by atoms with Gasteiger partial charge in [0.25, 0.3) is 0 Å². The third-order valence-electron chi connectivity index (χ3n) is 3.40. The summed E-state index contributed by atoms with van der Waals surface area (Å²) in [5, 5.41) is 3.57. The van der Waals surface area contributed by atoms with E-state index in [0.717, 1.165) is 25.6 Å².